The Kier molecular flexibility index (Phi) is 7.90. The van der Waals surface area contributed by atoms with Crippen molar-refractivity contribution < 1.29 is 22.6 Å². The first-order chi connectivity index (χ1) is 15.8. The molecule has 1 saturated heterocycles. The van der Waals surface area contributed by atoms with Gasteiger partial charge in [0.1, 0.15) is 12.4 Å². The van der Waals surface area contributed by atoms with Crippen LogP contribution in [-0.2, 0) is 17.5 Å². The number of nitrogens with zero attached hydrogens (tertiary/aromatic N) is 3. The number of ether oxygens (including phenoxy) is 2. The predicted octanol–water partition coefficient (Wildman–Crippen LogP) is 6.05. The van der Waals surface area contributed by atoms with Crippen molar-refractivity contribution in [3.8, 4) is 11.8 Å². The number of nitriles is 1. The molecule has 180 valence electrons. The van der Waals surface area contributed by atoms with Crippen LogP contribution in [0.3, 0.4) is 0 Å². The summed E-state index contributed by atoms with van der Waals surface area (Å²) in [5, 5.41) is 9.97. The fourth-order valence-corrected chi connectivity index (χ4v) is 4.19. The van der Waals surface area contributed by atoms with E-state index in [0.29, 0.717) is 6.61 Å². The Morgan fingerprint density at radius 2 is 2.00 bits per heavy atom. The zero-order valence-electron chi connectivity index (χ0n) is 18.9. The summed E-state index contributed by atoms with van der Waals surface area (Å²) in [6.07, 6.45) is -1.66. The summed E-state index contributed by atoms with van der Waals surface area (Å²) in [5.41, 5.74) is 2.26. The monoisotopic (exact) mass is 491 g/mol. The van der Waals surface area contributed by atoms with E-state index in [9.17, 15) is 13.2 Å². The molecule has 0 spiro atoms. The third-order valence-electron chi connectivity index (χ3n) is 5.88. The Morgan fingerprint density at radius 3 is 2.71 bits per heavy atom. The average Bonchev–Trinajstić information content (AvgIpc) is 3.25. The zero-order chi connectivity index (χ0) is 23.6. The minimum atomic E-state index is -4.62. The molecule has 3 aromatic rings. The van der Waals surface area contributed by atoms with Crippen LogP contribution in [0.1, 0.15) is 35.6 Å². The standard InChI is InChI=1S/C25H24F3N3O2.ClH/c1-3-32-20-7-9-31(14-20)24-6-8-30-23-11-18(16(2)10-21(23)24)15-33-19-5-4-17(13-29)22(12-19)25(26,27)28;/h4-6,8,10-12,20H,3,7,9,14-15H2,1-2H3;1H/t20-;/m0./s1. The molecule has 1 fully saturated rings. The van der Waals surface area contributed by atoms with E-state index in [1.165, 1.54) is 6.07 Å². The van der Waals surface area contributed by atoms with E-state index in [1.54, 1.807) is 12.3 Å². The van der Waals surface area contributed by atoms with Crippen LogP contribution >= 0.6 is 12.4 Å². The van der Waals surface area contributed by atoms with Gasteiger partial charge < -0.3 is 14.4 Å². The molecule has 0 N–H and O–H groups in total. The maximum absolute atomic E-state index is 13.2. The SMILES string of the molecule is CCO[C@H]1CCN(c2ccnc3cc(COc4ccc(C#N)c(C(F)(F)F)c4)c(C)cc23)C1.Cl. The fourth-order valence-electron chi connectivity index (χ4n) is 4.19. The van der Waals surface area contributed by atoms with Crippen molar-refractivity contribution in [2.45, 2.75) is 39.2 Å². The first kappa shape index (κ1) is 25.6. The average molecular weight is 492 g/mol. The Labute approximate surface area is 202 Å². The van der Waals surface area contributed by atoms with Gasteiger partial charge in [-0.05, 0) is 67.8 Å². The lowest BCUT2D eigenvalue weighted by Gasteiger charge is -2.21. The molecule has 2 aromatic carbocycles. The van der Waals surface area contributed by atoms with Crippen LogP contribution in [0.4, 0.5) is 18.9 Å². The number of hydrogen-bond donors (Lipinski definition) is 0. The molecular formula is C25H25ClF3N3O2. The fraction of sp³-hybridized carbons (Fsp3) is 0.360. The van der Waals surface area contributed by atoms with Crippen LogP contribution in [0.2, 0.25) is 0 Å². The molecule has 9 heteroatoms. The molecule has 34 heavy (non-hydrogen) atoms. The second kappa shape index (κ2) is 10.5. The van der Waals surface area contributed by atoms with E-state index in [-0.39, 0.29) is 30.9 Å². The first-order valence-electron chi connectivity index (χ1n) is 10.8. The summed E-state index contributed by atoms with van der Waals surface area (Å²) in [5.74, 6) is 0.0570. The van der Waals surface area contributed by atoms with Gasteiger partial charge in [0.25, 0.3) is 0 Å². The minimum Gasteiger partial charge on any atom is -0.489 e. The first-order valence-corrected chi connectivity index (χ1v) is 10.8. The summed E-state index contributed by atoms with van der Waals surface area (Å²) in [4.78, 5) is 6.80. The third-order valence-corrected chi connectivity index (χ3v) is 5.88. The third kappa shape index (κ3) is 5.37. The van der Waals surface area contributed by atoms with Gasteiger partial charge in [-0.2, -0.15) is 18.4 Å². The number of rotatable bonds is 6. The van der Waals surface area contributed by atoms with Crippen LogP contribution in [0.25, 0.3) is 10.9 Å². The summed E-state index contributed by atoms with van der Waals surface area (Å²) in [7, 11) is 0. The predicted molar refractivity (Wildman–Crippen MR) is 126 cm³/mol. The lowest BCUT2D eigenvalue weighted by Crippen LogP contribution is -2.23. The van der Waals surface area contributed by atoms with Crippen LogP contribution in [0.5, 0.6) is 5.75 Å². The lowest BCUT2D eigenvalue weighted by atomic mass is 10.0. The summed E-state index contributed by atoms with van der Waals surface area (Å²) in [6.45, 7) is 6.47. The number of anilines is 1. The lowest BCUT2D eigenvalue weighted by molar-refractivity contribution is -0.137. The summed E-state index contributed by atoms with van der Waals surface area (Å²) >= 11 is 0. The molecule has 4 rings (SSSR count). The molecule has 1 aliphatic rings. The highest BCUT2D eigenvalue weighted by Crippen LogP contribution is 2.35. The number of hydrogen-bond acceptors (Lipinski definition) is 5. The van der Waals surface area contributed by atoms with Gasteiger partial charge in [0.2, 0.25) is 0 Å². The molecule has 5 nitrogen and oxygen atoms in total. The van der Waals surface area contributed by atoms with Crippen LogP contribution in [0.15, 0.2) is 42.6 Å². The summed E-state index contributed by atoms with van der Waals surface area (Å²) < 4.78 is 51.1. The van der Waals surface area contributed by atoms with Crippen LogP contribution < -0.4 is 9.64 Å². The molecule has 2 heterocycles. The Bertz CT molecular complexity index is 1210. The van der Waals surface area contributed by atoms with Gasteiger partial charge in [0, 0.05) is 37.0 Å². The smallest absolute Gasteiger partial charge is 0.417 e. The largest absolute Gasteiger partial charge is 0.489 e. The van der Waals surface area contributed by atoms with Gasteiger partial charge in [-0.15, -0.1) is 12.4 Å². The van der Waals surface area contributed by atoms with E-state index < -0.39 is 17.3 Å². The Balaban J connectivity index is 0.00000324. The van der Waals surface area contributed by atoms with Crippen molar-refractivity contribution in [1.29, 1.82) is 5.26 Å². The Hall–Kier alpha value is -3.02. The molecule has 1 atom stereocenters. The van der Waals surface area contributed by atoms with Crippen molar-refractivity contribution in [2.75, 3.05) is 24.6 Å². The molecule has 0 amide bonds. The van der Waals surface area contributed by atoms with Crippen molar-refractivity contribution >= 4 is 29.0 Å². The van der Waals surface area contributed by atoms with E-state index in [0.717, 1.165) is 59.4 Å². The molecule has 1 aromatic heterocycles. The molecular weight excluding hydrogens is 467 g/mol. The molecule has 1 aliphatic heterocycles. The topological polar surface area (TPSA) is 58.4 Å². The van der Waals surface area contributed by atoms with Gasteiger partial charge in [-0.1, -0.05) is 0 Å². The number of alkyl halides is 3. The maximum atomic E-state index is 13.2. The van der Waals surface area contributed by atoms with Crippen LogP contribution in [0, 0.1) is 18.3 Å². The van der Waals surface area contributed by atoms with E-state index in [4.69, 9.17) is 14.7 Å². The van der Waals surface area contributed by atoms with Gasteiger partial charge >= 0.3 is 6.18 Å². The number of fused-ring (bicyclic) bond motifs is 1. The second-order valence-corrected chi connectivity index (χ2v) is 8.04. The van der Waals surface area contributed by atoms with E-state index in [2.05, 4.69) is 9.88 Å². The normalized spacial score (nSPS) is 15.8. The highest BCUT2D eigenvalue weighted by atomic mass is 35.5. The molecule has 0 unspecified atom stereocenters. The number of pyridine rings is 1. The summed E-state index contributed by atoms with van der Waals surface area (Å²) in [6, 6.07) is 10.9. The van der Waals surface area contributed by atoms with E-state index >= 15 is 0 Å². The van der Waals surface area contributed by atoms with E-state index in [1.807, 2.05) is 32.0 Å². The zero-order valence-corrected chi connectivity index (χ0v) is 19.7. The van der Waals surface area contributed by atoms with Crippen molar-refractivity contribution in [1.82, 2.24) is 4.98 Å². The highest BCUT2D eigenvalue weighted by Gasteiger charge is 2.34. The van der Waals surface area contributed by atoms with Gasteiger partial charge in [-0.3, -0.25) is 4.98 Å². The van der Waals surface area contributed by atoms with Crippen LogP contribution in [-0.4, -0.2) is 30.8 Å². The second-order valence-electron chi connectivity index (χ2n) is 8.04. The number of aromatic nitrogens is 1. The highest BCUT2D eigenvalue weighted by molar-refractivity contribution is 5.92. The van der Waals surface area contributed by atoms with Crippen molar-refractivity contribution in [2.24, 2.45) is 0 Å². The van der Waals surface area contributed by atoms with Crippen molar-refractivity contribution in [3.63, 3.8) is 0 Å². The Morgan fingerprint density at radius 1 is 1.21 bits per heavy atom. The van der Waals surface area contributed by atoms with Gasteiger partial charge in [-0.25, -0.2) is 0 Å². The maximum Gasteiger partial charge on any atom is 0.417 e. The minimum absolute atomic E-state index is 0. The number of aryl methyl sites for hydroxylation is 1. The molecule has 0 saturated carbocycles. The number of halogens is 4. The molecule has 0 radical (unpaired) electrons. The quantitative estimate of drug-likeness (QED) is 0.420. The molecule has 0 aliphatic carbocycles. The van der Waals surface area contributed by atoms with Gasteiger partial charge in [0.15, 0.2) is 0 Å². The van der Waals surface area contributed by atoms with Crippen molar-refractivity contribution in [3.05, 3.63) is 64.8 Å². The molecule has 0 bridgehead atoms. The van der Waals surface area contributed by atoms with Gasteiger partial charge in [0.05, 0.1) is 28.8 Å². The number of benzene rings is 2.